The molecule has 0 atom stereocenters. The van der Waals surface area contributed by atoms with Gasteiger partial charge in [-0.2, -0.15) is 11.8 Å². The summed E-state index contributed by atoms with van der Waals surface area (Å²) in [7, 11) is 1.66. The molecule has 142 valence electrons. The third-order valence-corrected chi connectivity index (χ3v) is 5.90. The number of ketones is 1. The van der Waals surface area contributed by atoms with E-state index in [1.54, 1.807) is 7.11 Å². The molecule has 0 amide bonds. The Kier molecular flexibility index (Phi) is 6.62. The first-order valence-electron chi connectivity index (χ1n) is 9.51. The zero-order chi connectivity index (χ0) is 19.2. The number of carbonyl (C=O) groups is 1. The van der Waals surface area contributed by atoms with Crippen LogP contribution in [0.5, 0.6) is 5.75 Å². The third-order valence-electron chi connectivity index (χ3n) is 4.92. The SMILES string of the molecule is CCSCCCCn1c(C)c(C(=O)c2ccccc2)c2cc(OC)ccc21. The second-order valence-corrected chi connectivity index (χ2v) is 7.99. The molecule has 27 heavy (non-hydrogen) atoms. The fourth-order valence-corrected chi connectivity index (χ4v) is 4.21. The van der Waals surface area contributed by atoms with Gasteiger partial charge < -0.3 is 9.30 Å². The van der Waals surface area contributed by atoms with Crippen LogP contribution in [0.4, 0.5) is 0 Å². The molecule has 3 aromatic rings. The second kappa shape index (κ2) is 9.14. The standard InChI is InChI=1S/C23H27NO2S/c1-4-27-15-9-8-14-24-17(2)22(23(25)18-10-6-5-7-11-18)20-16-19(26-3)12-13-21(20)24/h5-7,10-13,16H,4,8-9,14-15H2,1-3H3. The van der Waals surface area contributed by atoms with Crippen LogP contribution >= 0.6 is 11.8 Å². The minimum atomic E-state index is 0.0756. The van der Waals surface area contributed by atoms with Crippen molar-refractivity contribution in [3.8, 4) is 5.75 Å². The first-order chi connectivity index (χ1) is 13.2. The highest BCUT2D eigenvalue weighted by molar-refractivity contribution is 7.99. The molecule has 0 aliphatic rings. The molecule has 0 saturated carbocycles. The largest absolute Gasteiger partial charge is 0.497 e. The maximum atomic E-state index is 13.3. The topological polar surface area (TPSA) is 31.2 Å². The van der Waals surface area contributed by atoms with Crippen molar-refractivity contribution in [2.24, 2.45) is 0 Å². The van der Waals surface area contributed by atoms with Crippen LogP contribution in [0, 0.1) is 6.92 Å². The van der Waals surface area contributed by atoms with Crippen LogP contribution in [0.15, 0.2) is 48.5 Å². The van der Waals surface area contributed by atoms with Gasteiger partial charge in [-0.1, -0.05) is 37.3 Å². The normalized spacial score (nSPS) is 11.1. The molecule has 3 nitrogen and oxygen atoms in total. The van der Waals surface area contributed by atoms with Crippen molar-refractivity contribution in [1.82, 2.24) is 4.57 Å². The number of fused-ring (bicyclic) bond motifs is 1. The summed E-state index contributed by atoms with van der Waals surface area (Å²) in [5.74, 6) is 3.21. The van der Waals surface area contributed by atoms with Gasteiger partial charge in [-0.05, 0) is 49.5 Å². The molecule has 0 aliphatic carbocycles. The molecular formula is C23H27NO2S. The minimum Gasteiger partial charge on any atom is -0.497 e. The lowest BCUT2D eigenvalue weighted by Crippen LogP contribution is -2.06. The smallest absolute Gasteiger partial charge is 0.195 e. The first kappa shape index (κ1) is 19.6. The van der Waals surface area contributed by atoms with E-state index in [1.165, 1.54) is 17.9 Å². The number of nitrogens with zero attached hydrogens (tertiary/aromatic N) is 1. The van der Waals surface area contributed by atoms with Gasteiger partial charge in [-0.3, -0.25) is 4.79 Å². The summed E-state index contributed by atoms with van der Waals surface area (Å²) in [4.78, 5) is 13.3. The Balaban J connectivity index is 2.01. The number of aryl methyl sites for hydroxylation is 1. The van der Waals surface area contributed by atoms with Gasteiger partial charge in [0.15, 0.2) is 5.78 Å². The lowest BCUT2D eigenvalue weighted by atomic mass is 10.0. The van der Waals surface area contributed by atoms with Crippen LogP contribution in [-0.2, 0) is 6.54 Å². The molecule has 0 unspecified atom stereocenters. The van der Waals surface area contributed by atoms with Gasteiger partial charge in [-0.25, -0.2) is 0 Å². The molecule has 0 aliphatic heterocycles. The van der Waals surface area contributed by atoms with Gasteiger partial charge in [0.25, 0.3) is 0 Å². The fraction of sp³-hybridized carbons (Fsp3) is 0.348. The Morgan fingerprint density at radius 1 is 1.11 bits per heavy atom. The van der Waals surface area contributed by atoms with E-state index in [0.29, 0.717) is 0 Å². The van der Waals surface area contributed by atoms with Crippen molar-refractivity contribution in [2.45, 2.75) is 33.2 Å². The summed E-state index contributed by atoms with van der Waals surface area (Å²) in [6.07, 6.45) is 2.30. The first-order valence-corrected chi connectivity index (χ1v) is 10.7. The van der Waals surface area contributed by atoms with Crippen LogP contribution in [0.2, 0.25) is 0 Å². The van der Waals surface area contributed by atoms with Crippen molar-refractivity contribution in [2.75, 3.05) is 18.6 Å². The average molecular weight is 382 g/mol. The number of rotatable bonds is 9. The monoisotopic (exact) mass is 381 g/mol. The molecule has 0 N–H and O–H groups in total. The van der Waals surface area contributed by atoms with Gasteiger partial charge in [0, 0.05) is 28.7 Å². The summed E-state index contributed by atoms with van der Waals surface area (Å²) in [5.41, 5.74) is 3.66. The highest BCUT2D eigenvalue weighted by atomic mass is 32.2. The predicted molar refractivity (Wildman–Crippen MR) is 115 cm³/mol. The summed E-state index contributed by atoms with van der Waals surface area (Å²) in [6.45, 7) is 5.19. The molecule has 0 spiro atoms. The van der Waals surface area contributed by atoms with Crippen LogP contribution in [0.25, 0.3) is 10.9 Å². The molecule has 1 aromatic heterocycles. The Morgan fingerprint density at radius 3 is 2.59 bits per heavy atom. The fourth-order valence-electron chi connectivity index (χ4n) is 3.52. The number of hydrogen-bond acceptors (Lipinski definition) is 3. The maximum absolute atomic E-state index is 13.3. The zero-order valence-electron chi connectivity index (χ0n) is 16.3. The Labute approximate surface area is 165 Å². The quantitative estimate of drug-likeness (QED) is 0.351. The maximum Gasteiger partial charge on any atom is 0.195 e. The molecule has 0 radical (unpaired) electrons. The van der Waals surface area contributed by atoms with E-state index >= 15 is 0 Å². The molecule has 3 rings (SSSR count). The summed E-state index contributed by atoms with van der Waals surface area (Å²) in [5, 5.41) is 0.976. The van der Waals surface area contributed by atoms with Crippen molar-refractivity contribution < 1.29 is 9.53 Å². The number of thioether (sulfide) groups is 1. The van der Waals surface area contributed by atoms with Crippen LogP contribution in [0.1, 0.15) is 41.4 Å². The van der Waals surface area contributed by atoms with Crippen LogP contribution in [-0.4, -0.2) is 29.0 Å². The average Bonchev–Trinajstić information content (AvgIpc) is 2.98. The zero-order valence-corrected chi connectivity index (χ0v) is 17.1. The van der Waals surface area contributed by atoms with Crippen molar-refractivity contribution in [3.05, 3.63) is 65.4 Å². The number of ether oxygens (including phenoxy) is 1. The van der Waals surface area contributed by atoms with Gasteiger partial charge in [0.2, 0.25) is 0 Å². The number of aromatic nitrogens is 1. The lowest BCUT2D eigenvalue weighted by Gasteiger charge is -2.09. The third kappa shape index (κ3) is 4.22. The highest BCUT2D eigenvalue weighted by Gasteiger charge is 2.21. The van der Waals surface area contributed by atoms with Crippen LogP contribution in [0.3, 0.4) is 0 Å². The number of methoxy groups -OCH3 is 1. The van der Waals surface area contributed by atoms with E-state index < -0.39 is 0 Å². The van der Waals surface area contributed by atoms with E-state index in [0.717, 1.165) is 46.4 Å². The molecule has 0 bridgehead atoms. The van der Waals surface area contributed by atoms with E-state index in [-0.39, 0.29) is 5.78 Å². The molecular weight excluding hydrogens is 354 g/mol. The Bertz CT molecular complexity index is 915. The van der Waals surface area contributed by atoms with Crippen molar-refractivity contribution in [3.63, 3.8) is 0 Å². The summed E-state index contributed by atoms with van der Waals surface area (Å²) in [6, 6.07) is 15.6. The number of hydrogen-bond donors (Lipinski definition) is 0. The second-order valence-electron chi connectivity index (χ2n) is 6.59. The number of unbranched alkanes of at least 4 members (excludes halogenated alkanes) is 1. The Hall–Kier alpha value is -2.20. The predicted octanol–water partition coefficient (Wildman–Crippen LogP) is 5.72. The Morgan fingerprint density at radius 2 is 1.89 bits per heavy atom. The van der Waals surface area contributed by atoms with Crippen molar-refractivity contribution >= 4 is 28.4 Å². The van der Waals surface area contributed by atoms with Crippen molar-refractivity contribution in [1.29, 1.82) is 0 Å². The molecule has 4 heteroatoms. The minimum absolute atomic E-state index is 0.0756. The molecule has 2 aromatic carbocycles. The molecule has 0 fully saturated rings. The van der Waals surface area contributed by atoms with E-state index in [9.17, 15) is 4.79 Å². The van der Waals surface area contributed by atoms with Gasteiger partial charge in [0.1, 0.15) is 5.75 Å². The lowest BCUT2D eigenvalue weighted by molar-refractivity contribution is 0.103. The van der Waals surface area contributed by atoms with E-state index in [1.807, 2.05) is 54.2 Å². The van der Waals surface area contributed by atoms with Gasteiger partial charge >= 0.3 is 0 Å². The van der Waals surface area contributed by atoms with E-state index in [4.69, 9.17) is 4.74 Å². The number of carbonyl (C=O) groups excluding carboxylic acids is 1. The summed E-state index contributed by atoms with van der Waals surface area (Å²) < 4.78 is 7.71. The van der Waals surface area contributed by atoms with Gasteiger partial charge in [-0.15, -0.1) is 0 Å². The number of benzene rings is 2. The molecule has 0 saturated heterocycles. The molecule has 1 heterocycles. The van der Waals surface area contributed by atoms with Gasteiger partial charge in [0.05, 0.1) is 12.7 Å². The highest BCUT2D eigenvalue weighted by Crippen LogP contribution is 2.31. The van der Waals surface area contributed by atoms with Crippen LogP contribution < -0.4 is 4.74 Å². The summed E-state index contributed by atoms with van der Waals surface area (Å²) >= 11 is 1.98. The van der Waals surface area contributed by atoms with E-state index in [2.05, 4.69) is 24.5 Å².